The molecule has 0 aromatic carbocycles. The summed E-state index contributed by atoms with van der Waals surface area (Å²) in [6.07, 6.45) is 1.62. The molecular weight excluding hydrogens is 192 g/mol. The van der Waals surface area contributed by atoms with Gasteiger partial charge in [0.1, 0.15) is 0 Å². The summed E-state index contributed by atoms with van der Waals surface area (Å²) in [4.78, 5) is 0. The zero-order valence-electron chi connectivity index (χ0n) is 10.6. The van der Waals surface area contributed by atoms with Crippen molar-refractivity contribution in [2.45, 2.75) is 58.7 Å². The van der Waals surface area contributed by atoms with E-state index in [2.05, 4.69) is 10.2 Å². The molecule has 0 heterocycles. The van der Waals surface area contributed by atoms with E-state index in [1.165, 1.54) is 0 Å². The van der Waals surface area contributed by atoms with Gasteiger partial charge in [-0.05, 0) is 47.5 Å². The summed E-state index contributed by atoms with van der Waals surface area (Å²) >= 11 is 0. The Balaban J connectivity index is 3.91. The monoisotopic (exact) mass is 216 g/mol. The molecule has 1 N–H and O–H groups in total. The van der Waals surface area contributed by atoms with Crippen molar-refractivity contribution in [1.29, 1.82) is 0 Å². The van der Waals surface area contributed by atoms with Gasteiger partial charge in [-0.15, -0.1) is 0 Å². The SMILES string of the molecule is CC(C)(C)N=NC(C)(C)OCCCCO. The molecule has 0 saturated heterocycles. The molecule has 0 aliphatic heterocycles. The van der Waals surface area contributed by atoms with Crippen molar-refractivity contribution >= 4 is 0 Å². The fourth-order valence-electron chi connectivity index (χ4n) is 0.835. The van der Waals surface area contributed by atoms with Gasteiger partial charge < -0.3 is 9.84 Å². The summed E-state index contributed by atoms with van der Waals surface area (Å²) in [6.45, 7) is 10.6. The average Bonchev–Trinajstić information content (AvgIpc) is 2.09. The van der Waals surface area contributed by atoms with E-state index in [1.54, 1.807) is 0 Å². The van der Waals surface area contributed by atoms with E-state index in [4.69, 9.17) is 9.84 Å². The Morgan fingerprint density at radius 2 is 1.60 bits per heavy atom. The molecule has 0 unspecified atom stereocenters. The molecule has 0 aromatic heterocycles. The summed E-state index contributed by atoms with van der Waals surface area (Å²) in [5.41, 5.74) is -0.728. The molecule has 0 aromatic rings. The number of azo groups is 1. The van der Waals surface area contributed by atoms with E-state index >= 15 is 0 Å². The van der Waals surface area contributed by atoms with Crippen molar-refractivity contribution in [3.05, 3.63) is 0 Å². The normalized spacial score (nSPS) is 13.7. The standard InChI is InChI=1S/C11H24N2O2/c1-10(2,3)12-13-11(4,5)15-9-7-6-8-14/h14H,6-9H2,1-5H3. The molecule has 0 amide bonds. The summed E-state index contributed by atoms with van der Waals surface area (Å²) in [5, 5.41) is 17.0. The number of aliphatic hydroxyl groups excluding tert-OH is 1. The number of hydrogen-bond donors (Lipinski definition) is 1. The molecule has 15 heavy (non-hydrogen) atoms. The summed E-state index contributed by atoms with van der Waals surface area (Å²) in [5.74, 6) is 0. The Morgan fingerprint density at radius 1 is 1.00 bits per heavy atom. The molecule has 0 rings (SSSR count). The quantitative estimate of drug-likeness (QED) is 0.548. The lowest BCUT2D eigenvalue weighted by molar-refractivity contribution is -0.0203. The zero-order chi connectivity index (χ0) is 11.9. The van der Waals surface area contributed by atoms with Gasteiger partial charge >= 0.3 is 0 Å². The average molecular weight is 216 g/mol. The van der Waals surface area contributed by atoms with Gasteiger partial charge in [-0.2, -0.15) is 10.2 Å². The molecule has 90 valence electrons. The molecule has 0 aliphatic rings. The van der Waals surface area contributed by atoms with Gasteiger partial charge in [-0.1, -0.05) is 0 Å². The topological polar surface area (TPSA) is 54.2 Å². The van der Waals surface area contributed by atoms with Crippen molar-refractivity contribution in [3.63, 3.8) is 0 Å². The van der Waals surface area contributed by atoms with Crippen LogP contribution in [0.25, 0.3) is 0 Å². The lowest BCUT2D eigenvalue weighted by Gasteiger charge is -2.21. The van der Waals surface area contributed by atoms with Crippen LogP contribution in [0.15, 0.2) is 10.2 Å². The highest BCUT2D eigenvalue weighted by molar-refractivity contribution is 4.70. The fraction of sp³-hybridized carbons (Fsp3) is 1.00. The van der Waals surface area contributed by atoms with Gasteiger partial charge in [0.25, 0.3) is 0 Å². The van der Waals surface area contributed by atoms with Crippen LogP contribution in [0, 0.1) is 0 Å². The maximum absolute atomic E-state index is 8.61. The summed E-state index contributed by atoms with van der Waals surface area (Å²) < 4.78 is 5.56. The summed E-state index contributed by atoms with van der Waals surface area (Å²) in [7, 11) is 0. The third kappa shape index (κ3) is 9.82. The molecule has 0 atom stereocenters. The Labute approximate surface area is 92.7 Å². The number of rotatable bonds is 6. The first-order chi connectivity index (χ1) is 6.77. The molecule has 0 spiro atoms. The largest absolute Gasteiger partial charge is 0.396 e. The van der Waals surface area contributed by atoms with Crippen LogP contribution in [-0.4, -0.2) is 29.6 Å². The van der Waals surface area contributed by atoms with Gasteiger partial charge in [-0.25, -0.2) is 0 Å². The highest BCUT2D eigenvalue weighted by atomic mass is 16.5. The van der Waals surface area contributed by atoms with Crippen LogP contribution in [-0.2, 0) is 4.74 Å². The zero-order valence-corrected chi connectivity index (χ0v) is 10.6. The highest BCUT2D eigenvalue weighted by Gasteiger charge is 2.18. The maximum Gasteiger partial charge on any atom is 0.173 e. The molecule has 0 bridgehead atoms. The molecule has 4 heteroatoms. The minimum absolute atomic E-state index is 0.161. The van der Waals surface area contributed by atoms with E-state index in [1.807, 2.05) is 34.6 Å². The van der Waals surface area contributed by atoms with Gasteiger partial charge in [0, 0.05) is 13.2 Å². The molecule has 0 radical (unpaired) electrons. The van der Waals surface area contributed by atoms with Gasteiger partial charge in [-0.3, -0.25) is 0 Å². The number of unbranched alkanes of at least 4 members (excludes halogenated alkanes) is 1. The second-order valence-corrected chi connectivity index (χ2v) is 5.10. The van der Waals surface area contributed by atoms with Gasteiger partial charge in [0.05, 0.1) is 5.54 Å². The van der Waals surface area contributed by atoms with Crippen LogP contribution in [0.2, 0.25) is 0 Å². The third-order valence-corrected chi connectivity index (χ3v) is 1.60. The predicted octanol–water partition coefficient (Wildman–Crippen LogP) is 2.76. The molecule has 0 saturated carbocycles. The van der Waals surface area contributed by atoms with Crippen LogP contribution < -0.4 is 0 Å². The second kappa shape index (κ2) is 6.18. The first-order valence-electron chi connectivity index (χ1n) is 5.46. The van der Waals surface area contributed by atoms with Crippen LogP contribution >= 0.6 is 0 Å². The number of nitrogens with zero attached hydrogens (tertiary/aromatic N) is 2. The molecular formula is C11H24N2O2. The number of hydrogen-bond acceptors (Lipinski definition) is 4. The fourth-order valence-corrected chi connectivity index (χ4v) is 0.835. The van der Waals surface area contributed by atoms with Crippen LogP contribution in [0.3, 0.4) is 0 Å². The Bertz CT molecular complexity index is 195. The molecule has 0 aliphatic carbocycles. The lowest BCUT2D eigenvalue weighted by atomic mass is 10.1. The first-order valence-corrected chi connectivity index (χ1v) is 5.46. The van der Waals surface area contributed by atoms with Crippen molar-refractivity contribution in [3.8, 4) is 0 Å². The minimum Gasteiger partial charge on any atom is -0.396 e. The number of ether oxygens (including phenoxy) is 1. The second-order valence-electron chi connectivity index (χ2n) is 5.10. The predicted molar refractivity (Wildman–Crippen MR) is 61.0 cm³/mol. The lowest BCUT2D eigenvalue weighted by Crippen LogP contribution is -2.23. The van der Waals surface area contributed by atoms with Crippen LogP contribution in [0.1, 0.15) is 47.5 Å². The van der Waals surface area contributed by atoms with E-state index < -0.39 is 5.72 Å². The van der Waals surface area contributed by atoms with E-state index in [0.717, 1.165) is 12.8 Å². The molecule has 4 nitrogen and oxygen atoms in total. The minimum atomic E-state index is -0.567. The maximum atomic E-state index is 8.61. The van der Waals surface area contributed by atoms with Crippen molar-refractivity contribution in [1.82, 2.24) is 0 Å². The van der Waals surface area contributed by atoms with Crippen LogP contribution in [0.5, 0.6) is 0 Å². The Kier molecular flexibility index (Phi) is 5.98. The van der Waals surface area contributed by atoms with Crippen molar-refractivity contribution in [2.75, 3.05) is 13.2 Å². The van der Waals surface area contributed by atoms with Crippen LogP contribution in [0.4, 0.5) is 0 Å². The van der Waals surface area contributed by atoms with Crippen molar-refractivity contribution < 1.29 is 9.84 Å². The smallest absolute Gasteiger partial charge is 0.173 e. The van der Waals surface area contributed by atoms with E-state index in [0.29, 0.717) is 6.61 Å². The Morgan fingerprint density at radius 3 is 2.07 bits per heavy atom. The van der Waals surface area contributed by atoms with Crippen molar-refractivity contribution in [2.24, 2.45) is 10.2 Å². The molecule has 0 fully saturated rings. The first kappa shape index (κ1) is 14.5. The third-order valence-electron chi connectivity index (χ3n) is 1.60. The highest BCUT2D eigenvalue weighted by Crippen LogP contribution is 2.16. The van der Waals surface area contributed by atoms with E-state index in [9.17, 15) is 0 Å². The summed E-state index contributed by atoms with van der Waals surface area (Å²) in [6, 6.07) is 0. The number of aliphatic hydroxyl groups is 1. The van der Waals surface area contributed by atoms with Gasteiger partial charge in [0.15, 0.2) is 5.72 Å². The van der Waals surface area contributed by atoms with E-state index in [-0.39, 0.29) is 12.1 Å². The van der Waals surface area contributed by atoms with Gasteiger partial charge in [0.2, 0.25) is 0 Å². The Hall–Kier alpha value is -0.480.